The standard InChI is InChI=1S/C18H18N4O2S/c23-17(13-25-18-20-14-5-1-2-6-15(14)24-18)22-11-9-21(10-12-22)16-7-3-4-8-19-16/h1-8H,9-13H2. The highest BCUT2D eigenvalue weighted by Gasteiger charge is 2.22. The first-order chi connectivity index (χ1) is 12.3. The molecule has 7 heteroatoms. The molecule has 0 unspecified atom stereocenters. The Kier molecular flexibility index (Phi) is 4.56. The number of pyridine rings is 1. The normalized spacial score (nSPS) is 14.9. The Labute approximate surface area is 149 Å². The molecule has 1 amide bonds. The molecule has 128 valence electrons. The van der Waals surface area contributed by atoms with Crippen molar-refractivity contribution in [3.8, 4) is 0 Å². The van der Waals surface area contributed by atoms with Crippen molar-refractivity contribution in [1.29, 1.82) is 0 Å². The number of amides is 1. The number of carbonyl (C=O) groups is 1. The number of rotatable bonds is 4. The first kappa shape index (κ1) is 16.0. The summed E-state index contributed by atoms with van der Waals surface area (Å²) < 4.78 is 5.65. The highest BCUT2D eigenvalue weighted by Crippen LogP contribution is 2.23. The van der Waals surface area contributed by atoms with E-state index in [0.717, 1.165) is 30.0 Å². The lowest BCUT2D eigenvalue weighted by molar-refractivity contribution is -0.128. The van der Waals surface area contributed by atoms with E-state index < -0.39 is 0 Å². The topological polar surface area (TPSA) is 62.5 Å². The van der Waals surface area contributed by atoms with Crippen molar-refractivity contribution in [3.05, 3.63) is 48.7 Å². The maximum atomic E-state index is 12.4. The number of anilines is 1. The van der Waals surface area contributed by atoms with E-state index in [-0.39, 0.29) is 5.91 Å². The minimum Gasteiger partial charge on any atom is -0.431 e. The van der Waals surface area contributed by atoms with Gasteiger partial charge in [-0.3, -0.25) is 4.79 Å². The third-order valence-electron chi connectivity index (χ3n) is 4.20. The van der Waals surface area contributed by atoms with Gasteiger partial charge >= 0.3 is 0 Å². The SMILES string of the molecule is O=C(CSc1nc2ccccc2o1)N1CCN(c2ccccn2)CC1. The molecule has 1 aromatic carbocycles. The van der Waals surface area contributed by atoms with Gasteiger partial charge in [-0.25, -0.2) is 9.97 Å². The Morgan fingerprint density at radius 2 is 1.88 bits per heavy atom. The van der Waals surface area contributed by atoms with Crippen molar-refractivity contribution >= 4 is 34.6 Å². The molecule has 6 nitrogen and oxygen atoms in total. The number of oxazole rings is 1. The van der Waals surface area contributed by atoms with Gasteiger partial charge in [0, 0.05) is 32.4 Å². The zero-order valence-corrected chi connectivity index (χ0v) is 14.5. The molecule has 0 saturated carbocycles. The molecular weight excluding hydrogens is 336 g/mol. The Morgan fingerprint density at radius 3 is 2.64 bits per heavy atom. The first-order valence-corrected chi connectivity index (χ1v) is 9.20. The van der Waals surface area contributed by atoms with Crippen LogP contribution >= 0.6 is 11.8 Å². The minimum absolute atomic E-state index is 0.118. The summed E-state index contributed by atoms with van der Waals surface area (Å²) in [5.74, 6) is 1.43. The van der Waals surface area contributed by atoms with Crippen molar-refractivity contribution in [1.82, 2.24) is 14.9 Å². The lowest BCUT2D eigenvalue weighted by Gasteiger charge is -2.35. The van der Waals surface area contributed by atoms with E-state index in [0.29, 0.717) is 24.1 Å². The van der Waals surface area contributed by atoms with Gasteiger partial charge in [0.25, 0.3) is 5.22 Å². The van der Waals surface area contributed by atoms with Crippen LogP contribution in [-0.4, -0.2) is 52.7 Å². The lowest BCUT2D eigenvalue weighted by atomic mass is 10.3. The largest absolute Gasteiger partial charge is 0.431 e. The third kappa shape index (κ3) is 3.61. The number of benzene rings is 1. The number of piperazine rings is 1. The summed E-state index contributed by atoms with van der Waals surface area (Å²) in [6.07, 6.45) is 1.80. The molecule has 0 bridgehead atoms. The third-order valence-corrected chi connectivity index (χ3v) is 5.01. The molecule has 0 N–H and O–H groups in total. The Bertz CT molecular complexity index is 827. The molecule has 3 heterocycles. The highest BCUT2D eigenvalue weighted by molar-refractivity contribution is 7.99. The monoisotopic (exact) mass is 354 g/mol. The zero-order chi connectivity index (χ0) is 17.1. The first-order valence-electron chi connectivity index (χ1n) is 8.22. The van der Waals surface area contributed by atoms with E-state index in [4.69, 9.17) is 4.42 Å². The average molecular weight is 354 g/mol. The van der Waals surface area contributed by atoms with Crippen molar-refractivity contribution in [2.24, 2.45) is 0 Å². The van der Waals surface area contributed by atoms with Crippen LogP contribution in [-0.2, 0) is 4.79 Å². The Morgan fingerprint density at radius 1 is 1.08 bits per heavy atom. The molecule has 0 aliphatic carbocycles. The van der Waals surface area contributed by atoms with Crippen molar-refractivity contribution in [2.75, 3.05) is 36.8 Å². The number of aromatic nitrogens is 2. The van der Waals surface area contributed by atoms with Gasteiger partial charge in [0.1, 0.15) is 11.3 Å². The van der Waals surface area contributed by atoms with Gasteiger partial charge < -0.3 is 14.2 Å². The summed E-state index contributed by atoms with van der Waals surface area (Å²) in [4.78, 5) is 25.3. The van der Waals surface area contributed by atoms with Crippen LogP contribution in [0.4, 0.5) is 5.82 Å². The minimum atomic E-state index is 0.118. The number of hydrogen-bond acceptors (Lipinski definition) is 6. The van der Waals surface area contributed by atoms with Crippen molar-refractivity contribution in [2.45, 2.75) is 5.22 Å². The maximum absolute atomic E-state index is 12.4. The zero-order valence-electron chi connectivity index (χ0n) is 13.7. The van der Waals surface area contributed by atoms with Gasteiger partial charge in [0.05, 0.1) is 5.75 Å². The number of nitrogens with zero attached hydrogens (tertiary/aromatic N) is 4. The Hall–Kier alpha value is -2.54. The average Bonchev–Trinajstić information content (AvgIpc) is 3.10. The van der Waals surface area contributed by atoms with E-state index in [2.05, 4.69) is 14.9 Å². The molecule has 25 heavy (non-hydrogen) atoms. The molecule has 0 spiro atoms. The fraction of sp³-hybridized carbons (Fsp3) is 0.278. The summed E-state index contributed by atoms with van der Waals surface area (Å²) in [5, 5.41) is 0.543. The Balaban J connectivity index is 1.30. The van der Waals surface area contributed by atoms with E-state index >= 15 is 0 Å². The molecule has 3 aromatic rings. The van der Waals surface area contributed by atoms with E-state index in [1.807, 2.05) is 47.4 Å². The van der Waals surface area contributed by atoms with Gasteiger partial charge in [-0.05, 0) is 24.3 Å². The van der Waals surface area contributed by atoms with Crippen molar-refractivity contribution < 1.29 is 9.21 Å². The van der Waals surface area contributed by atoms with E-state index in [1.54, 1.807) is 6.20 Å². The fourth-order valence-electron chi connectivity index (χ4n) is 2.85. The maximum Gasteiger partial charge on any atom is 0.257 e. The predicted octanol–water partition coefficient (Wildman–Crippen LogP) is 2.66. The summed E-state index contributed by atoms with van der Waals surface area (Å²) in [6, 6.07) is 13.5. The van der Waals surface area contributed by atoms with Crippen LogP contribution in [0.15, 0.2) is 58.3 Å². The number of thioether (sulfide) groups is 1. The van der Waals surface area contributed by atoms with Crippen LogP contribution < -0.4 is 4.90 Å². The number of para-hydroxylation sites is 2. The molecule has 2 aromatic heterocycles. The van der Waals surface area contributed by atoms with Gasteiger partial charge in [-0.2, -0.15) is 0 Å². The molecule has 0 atom stereocenters. The van der Waals surface area contributed by atoms with Crippen LogP contribution in [0.25, 0.3) is 11.1 Å². The fourth-order valence-corrected chi connectivity index (χ4v) is 3.59. The molecule has 1 saturated heterocycles. The van der Waals surface area contributed by atoms with Gasteiger partial charge in [0.2, 0.25) is 5.91 Å². The van der Waals surface area contributed by atoms with Crippen LogP contribution in [0.3, 0.4) is 0 Å². The second-order valence-corrected chi connectivity index (χ2v) is 6.72. The summed E-state index contributed by atoms with van der Waals surface area (Å²) >= 11 is 1.35. The van der Waals surface area contributed by atoms with E-state index in [1.165, 1.54) is 11.8 Å². The quantitative estimate of drug-likeness (QED) is 0.671. The number of fused-ring (bicyclic) bond motifs is 1. The summed E-state index contributed by atoms with van der Waals surface area (Å²) in [7, 11) is 0. The van der Waals surface area contributed by atoms with Crippen molar-refractivity contribution in [3.63, 3.8) is 0 Å². The van der Waals surface area contributed by atoms with Crippen LogP contribution in [0.5, 0.6) is 0 Å². The van der Waals surface area contributed by atoms with Crippen LogP contribution in [0.1, 0.15) is 0 Å². The number of hydrogen-bond donors (Lipinski definition) is 0. The van der Waals surface area contributed by atoms with Gasteiger partial charge in [-0.1, -0.05) is 30.0 Å². The second-order valence-electron chi connectivity index (χ2n) is 5.79. The molecule has 1 fully saturated rings. The molecule has 0 radical (unpaired) electrons. The smallest absolute Gasteiger partial charge is 0.257 e. The summed E-state index contributed by atoms with van der Waals surface area (Å²) in [6.45, 7) is 3.03. The van der Waals surface area contributed by atoms with Gasteiger partial charge in [-0.15, -0.1) is 0 Å². The molecule has 1 aliphatic rings. The molecular formula is C18H18N4O2S. The van der Waals surface area contributed by atoms with E-state index in [9.17, 15) is 4.79 Å². The lowest BCUT2D eigenvalue weighted by Crippen LogP contribution is -2.49. The second kappa shape index (κ2) is 7.14. The number of carbonyl (C=O) groups excluding carboxylic acids is 1. The highest BCUT2D eigenvalue weighted by atomic mass is 32.2. The van der Waals surface area contributed by atoms with Crippen LogP contribution in [0.2, 0.25) is 0 Å². The summed E-state index contributed by atoms with van der Waals surface area (Å²) in [5.41, 5.74) is 1.57. The van der Waals surface area contributed by atoms with Gasteiger partial charge in [0.15, 0.2) is 5.58 Å². The predicted molar refractivity (Wildman–Crippen MR) is 97.8 cm³/mol. The molecule has 1 aliphatic heterocycles. The molecule has 4 rings (SSSR count). The van der Waals surface area contributed by atoms with Crippen LogP contribution in [0, 0.1) is 0 Å².